The molecule has 0 fully saturated rings. The van der Waals surface area contributed by atoms with Crippen molar-refractivity contribution >= 4 is 11.9 Å². The van der Waals surface area contributed by atoms with Gasteiger partial charge in [-0.05, 0) is 42.5 Å². The van der Waals surface area contributed by atoms with Crippen LogP contribution in [0.5, 0.6) is 0 Å². The molecule has 1 atom stereocenters. The van der Waals surface area contributed by atoms with Crippen molar-refractivity contribution in [2.75, 3.05) is 13.2 Å². The zero-order valence-corrected chi connectivity index (χ0v) is 14.5. The Balaban J connectivity index is 1.88. The lowest BCUT2D eigenvalue weighted by molar-refractivity contribution is -0.142. The fraction of sp³-hybridized carbons (Fsp3) is 0.300. The van der Waals surface area contributed by atoms with Crippen molar-refractivity contribution < 1.29 is 19.4 Å². The zero-order chi connectivity index (χ0) is 18.2. The van der Waals surface area contributed by atoms with Gasteiger partial charge < -0.3 is 15.2 Å². The number of carbonyl (C=O) groups is 2. The number of hydrogen-bond donors (Lipinski definition) is 2. The maximum atomic E-state index is 12.0. The van der Waals surface area contributed by atoms with Crippen molar-refractivity contribution in [2.45, 2.75) is 26.3 Å². The number of ether oxygens (including phenoxy) is 1. The van der Waals surface area contributed by atoms with Crippen LogP contribution < -0.4 is 5.32 Å². The van der Waals surface area contributed by atoms with Crippen molar-refractivity contribution in [3.05, 3.63) is 70.8 Å². The lowest BCUT2D eigenvalue weighted by Crippen LogP contribution is -2.36. The first-order valence-electron chi connectivity index (χ1n) is 8.19. The number of carboxylic acids is 1. The van der Waals surface area contributed by atoms with Gasteiger partial charge in [-0.3, -0.25) is 4.79 Å². The fourth-order valence-corrected chi connectivity index (χ4v) is 2.56. The Bertz CT molecular complexity index is 728. The van der Waals surface area contributed by atoms with Gasteiger partial charge in [-0.1, -0.05) is 48.5 Å². The number of hydrogen-bond acceptors (Lipinski definition) is 3. The predicted octanol–water partition coefficient (Wildman–Crippen LogP) is 2.80. The third-order valence-corrected chi connectivity index (χ3v) is 4.12. The highest BCUT2D eigenvalue weighted by Gasteiger charge is 2.24. The smallest absolute Gasteiger partial charge is 0.330 e. The maximum absolute atomic E-state index is 12.0. The molecule has 0 spiro atoms. The fourth-order valence-electron chi connectivity index (χ4n) is 2.56. The second kappa shape index (κ2) is 8.99. The summed E-state index contributed by atoms with van der Waals surface area (Å²) in [4.78, 5) is 23.6. The summed E-state index contributed by atoms with van der Waals surface area (Å²) >= 11 is 0. The Labute approximate surface area is 147 Å². The molecule has 0 aliphatic rings. The van der Waals surface area contributed by atoms with E-state index in [2.05, 4.69) is 5.32 Å². The third kappa shape index (κ3) is 5.43. The number of amides is 1. The normalized spacial score (nSPS) is 11.8. The van der Waals surface area contributed by atoms with Gasteiger partial charge in [-0.15, -0.1) is 0 Å². The molecule has 2 aromatic rings. The predicted molar refractivity (Wildman–Crippen MR) is 95.4 cm³/mol. The molecule has 2 rings (SSSR count). The van der Waals surface area contributed by atoms with Gasteiger partial charge >= 0.3 is 5.97 Å². The van der Waals surface area contributed by atoms with Gasteiger partial charge in [0.1, 0.15) is 6.61 Å². The Morgan fingerprint density at radius 1 is 1.08 bits per heavy atom. The van der Waals surface area contributed by atoms with Crippen LogP contribution in [-0.4, -0.2) is 30.2 Å². The highest BCUT2D eigenvalue weighted by atomic mass is 16.5. The molecular formula is C20H23NO4. The largest absolute Gasteiger partial charge is 0.479 e. The van der Waals surface area contributed by atoms with E-state index < -0.39 is 17.9 Å². The van der Waals surface area contributed by atoms with E-state index in [1.54, 1.807) is 12.1 Å². The number of aliphatic carboxylic acids is 1. The Morgan fingerprint density at radius 3 is 2.48 bits per heavy atom. The van der Waals surface area contributed by atoms with E-state index in [-0.39, 0.29) is 6.61 Å². The molecule has 0 saturated carbocycles. The van der Waals surface area contributed by atoms with Gasteiger partial charge in [0.15, 0.2) is 6.04 Å². The van der Waals surface area contributed by atoms with E-state index in [9.17, 15) is 14.7 Å². The van der Waals surface area contributed by atoms with Crippen molar-refractivity contribution in [1.29, 1.82) is 0 Å². The summed E-state index contributed by atoms with van der Waals surface area (Å²) in [6.45, 7) is 4.00. The van der Waals surface area contributed by atoms with Crippen molar-refractivity contribution in [3.8, 4) is 0 Å². The first-order valence-corrected chi connectivity index (χ1v) is 8.19. The third-order valence-electron chi connectivity index (χ3n) is 4.12. The van der Waals surface area contributed by atoms with E-state index in [4.69, 9.17) is 4.74 Å². The highest BCUT2D eigenvalue weighted by molar-refractivity contribution is 5.85. The average Bonchev–Trinajstić information content (AvgIpc) is 2.60. The van der Waals surface area contributed by atoms with E-state index in [1.165, 1.54) is 0 Å². The van der Waals surface area contributed by atoms with E-state index in [0.29, 0.717) is 18.6 Å². The summed E-state index contributed by atoms with van der Waals surface area (Å²) in [5, 5.41) is 12.0. The van der Waals surface area contributed by atoms with Gasteiger partial charge in [0, 0.05) is 0 Å². The molecule has 0 radical (unpaired) electrons. The molecule has 0 aliphatic carbocycles. The number of aryl methyl sites for hydroxylation is 1. The summed E-state index contributed by atoms with van der Waals surface area (Å²) in [6.07, 6.45) is 0.702. The first kappa shape index (κ1) is 18.7. The molecule has 1 unspecified atom stereocenters. The van der Waals surface area contributed by atoms with Crippen LogP contribution in [0.1, 0.15) is 28.3 Å². The SMILES string of the molecule is Cc1cccc(C(NC(=O)COCCc2ccccc2)C(=O)O)c1C. The van der Waals surface area contributed by atoms with E-state index in [0.717, 1.165) is 16.7 Å². The van der Waals surface area contributed by atoms with Gasteiger partial charge in [-0.25, -0.2) is 4.79 Å². The lowest BCUT2D eigenvalue weighted by atomic mass is 9.97. The second-order valence-corrected chi connectivity index (χ2v) is 5.92. The van der Waals surface area contributed by atoms with Crippen LogP contribution in [0.25, 0.3) is 0 Å². The van der Waals surface area contributed by atoms with Crippen molar-refractivity contribution in [1.82, 2.24) is 5.32 Å². The summed E-state index contributed by atoms with van der Waals surface area (Å²) < 4.78 is 5.36. The Kier molecular flexibility index (Phi) is 6.71. The summed E-state index contributed by atoms with van der Waals surface area (Å²) in [7, 11) is 0. The van der Waals surface area contributed by atoms with Crippen LogP contribution in [0.3, 0.4) is 0 Å². The van der Waals surface area contributed by atoms with Crippen molar-refractivity contribution in [3.63, 3.8) is 0 Å². The van der Waals surface area contributed by atoms with E-state index >= 15 is 0 Å². The van der Waals surface area contributed by atoms with Gasteiger partial charge in [0.2, 0.25) is 5.91 Å². The second-order valence-electron chi connectivity index (χ2n) is 5.92. The first-order chi connectivity index (χ1) is 12.0. The summed E-state index contributed by atoms with van der Waals surface area (Å²) in [5.74, 6) is -1.53. The average molecular weight is 341 g/mol. The molecule has 0 bridgehead atoms. The molecule has 0 heterocycles. The number of carboxylic acid groups (broad SMARTS) is 1. The molecule has 0 saturated heterocycles. The number of carbonyl (C=O) groups excluding carboxylic acids is 1. The topological polar surface area (TPSA) is 75.6 Å². The minimum absolute atomic E-state index is 0.165. The molecule has 25 heavy (non-hydrogen) atoms. The molecule has 2 N–H and O–H groups in total. The van der Waals surface area contributed by atoms with E-state index in [1.807, 2.05) is 50.2 Å². The standard InChI is InChI=1S/C20H23NO4/c1-14-7-6-10-17(15(14)2)19(20(23)24)21-18(22)13-25-12-11-16-8-4-3-5-9-16/h3-10,19H,11-13H2,1-2H3,(H,21,22)(H,23,24). The lowest BCUT2D eigenvalue weighted by Gasteiger charge is -2.18. The number of rotatable bonds is 8. The van der Waals surface area contributed by atoms with Crippen molar-refractivity contribution in [2.24, 2.45) is 0 Å². The minimum Gasteiger partial charge on any atom is -0.479 e. The van der Waals surface area contributed by atoms with Gasteiger partial charge in [0.25, 0.3) is 0 Å². The molecular weight excluding hydrogens is 318 g/mol. The Hall–Kier alpha value is -2.66. The number of nitrogens with one attached hydrogen (secondary N) is 1. The minimum atomic E-state index is -1.09. The van der Waals surface area contributed by atoms with Crippen LogP contribution >= 0.6 is 0 Å². The van der Waals surface area contributed by atoms with Crippen LogP contribution in [0.4, 0.5) is 0 Å². The maximum Gasteiger partial charge on any atom is 0.330 e. The zero-order valence-electron chi connectivity index (χ0n) is 14.5. The van der Waals surface area contributed by atoms with Crippen LogP contribution in [0.15, 0.2) is 48.5 Å². The molecule has 5 heteroatoms. The molecule has 1 amide bonds. The van der Waals surface area contributed by atoms with Crippen LogP contribution in [0.2, 0.25) is 0 Å². The van der Waals surface area contributed by atoms with Crippen LogP contribution in [-0.2, 0) is 20.7 Å². The Morgan fingerprint density at radius 2 is 1.80 bits per heavy atom. The van der Waals surface area contributed by atoms with Crippen LogP contribution in [0, 0.1) is 13.8 Å². The summed E-state index contributed by atoms with van der Waals surface area (Å²) in [5.41, 5.74) is 3.56. The molecule has 0 aromatic heterocycles. The molecule has 0 aliphatic heterocycles. The molecule has 5 nitrogen and oxygen atoms in total. The highest BCUT2D eigenvalue weighted by Crippen LogP contribution is 2.20. The van der Waals surface area contributed by atoms with Gasteiger partial charge in [-0.2, -0.15) is 0 Å². The number of benzene rings is 2. The monoisotopic (exact) mass is 341 g/mol. The van der Waals surface area contributed by atoms with Gasteiger partial charge in [0.05, 0.1) is 6.61 Å². The summed E-state index contributed by atoms with van der Waals surface area (Å²) in [6, 6.07) is 14.2. The molecule has 2 aromatic carbocycles. The quantitative estimate of drug-likeness (QED) is 0.724. The molecule has 132 valence electrons.